The molecule has 4 aromatic rings. The number of benzene rings is 1. The Labute approximate surface area is 207 Å². The van der Waals surface area contributed by atoms with Crippen molar-refractivity contribution in [2.75, 3.05) is 6.61 Å². The molecule has 0 aliphatic carbocycles. The number of nitrogens with zero attached hydrogens (tertiary/aromatic N) is 6. The molecule has 1 aromatic carbocycles. The largest absolute Gasteiger partial charge is 0.449 e. The van der Waals surface area contributed by atoms with Crippen LogP contribution in [0.5, 0.6) is 0 Å². The van der Waals surface area contributed by atoms with Crippen LogP contribution in [0.25, 0.3) is 22.2 Å². The fourth-order valence-electron chi connectivity index (χ4n) is 4.62. The second-order valence-electron chi connectivity index (χ2n) is 8.92. The molecule has 37 heavy (non-hydrogen) atoms. The van der Waals surface area contributed by atoms with Gasteiger partial charge in [0, 0.05) is 49.6 Å². The number of rotatable bonds is 3. The summed E-state index contributed by atoms with van der Waals surface area (Å²) >= 11 is 0. The van der Waals surface area contributed by atoms with Crippen LogP contribution in [0.1, 0.15) is 47.5 Å². The van der Waals surface area contributed by atoms with Gasteiger partial charge in [-0.1, -0.05) is 0 Å². The van der Waals surface area contributed by atoms with E-state index < -0.39 is 23.4 Å². The maximum Gasteiger partial charge on any atom is 0.449 e. The molecule has 1 aliphatic heterocycles. The van der Waals surface area contributed by atoms with Crippen molar-refractivity contribution in [1.82, 2.24) is 24.3 Å². The molecule has 0 saturated carbocycles. The van der Waals surface area contributed by atoms with Gasteiger partial charge in [0.2, 0.25) is 5.82 Å². The van der Waals surface area contributed by atoms with Crippen LogP contribution >= 0.6 is 0 Å². The van der Waals surface area contributed by atoms with E-state index >= 15 is 4.39 Å². The number of aromatic nitrogens is 5. The quantitative estimate of drug-likeness (QED) is 0.378. The molecule has 4 heterocycles. The first-order valence-electron chi connectivity index (χ1n) is 11.4. The van der Waals surface area contributed by atoms with E-state index in [0.717, 1.165) is 18.7 Å². The number of aryl methyl sites for hydroxylation is 1. The summed E-state index contributed by atoms with van der Waals surface area (Å²) in [5.41, 5.74) is -0.324. The summed E-state index contributed by atoms with van der Waals surface area (Å²) in [5, 5.41) is 13.2. The lowest BCUT2D eigenvalue weighted by Gasteiger charge is -2.29. The Kier molecular flexibility index (Phi) is 6.03. The van der Waals surface area contributed by atoms with Crippen LogP contribution in [0.3, 0.4) is 0 Å². The molecule has 5 rings (SSSR count). The lowest BCUT2D eigenvalue weighted by atomic mass is 9.89. The third kappa shape index (κ3) is 4.46. The zero-order chi connectivity index (χ0) is 26.5. The van der Waals surface area contributed by atoms with Crippen LogP contribution in [-0.4, -0.2) is 30.9 Å². The van der Waals surface area contributed by atoms with Crippen molar-refractivity contribution in [3.8, 4) is 17.3 Å². The van der Waals surface area contributed by atoms with Gasteiger partial charge in [-0.25, -0.2) is 9.37 Å². The number of pyridine rings is 1. The lowest BCUT2D eigenvalue weighted by molar-refractivity contribution is -0.147. The van der Waals surface area contributed by atoms with Crippen molar-refractivity contribution in [2.24, 2.45) is 14.1 Å². The fraction of sp³-hybridized carbons (Fsp3) is 0.320. The van der Waals surface area contributed by atoms with Crippen LogP contribution in [-0.2, 0) is 25.0 Å². The lowest BCUT2D eigenvalue weighted by Crippen LogP contribution is -2.28. The number of halogens is 4. The summed E-state index contributed by atoms with van der Waals surface area (Å²) in [5.74, 6) is -2.51. The van der Waals surface area contributed by atoms with Crippen LogP contribution in [0.4, 0.5) is 17.6 Å². The SMILES string of the molecule is Cn1cc([C@H]2C[C@@H](c3cc4c(=O)n(C)c(C(F)(F)F)nc4c(-c4ccc(C#N)cc4F)n3)CCO2)cn1. The summed E-state index contributed by atoms with van der Waals surface area (Å²) in [6, 6.07) is 6.81. The van der Waals surface area contributed by atoms with Crippen molar-refractivity contribution in [3.05, 3.63) is 75.5 Å². The predicted molar refractivity (Wildman–Crippen MR) is 124 cm³/mol. The second-order valence-corrected chi connectivity index (χ2v) is 8.92. The molecule has 0 radical (unpaired) electrons. The average Bonchev–Trinajstić information content (AvgIpc) is 3.31. The summed E-state index contributed by atoms with van der Waals surface area (Å²) in [7, 11) is 2.78. The topological polar surface area (TPSA) is 98.6 Å². The van der Waals surface area contributed by atoms with Gasteiger partial charge in [-0.15, -0.1) is 0 Å². The van der Waals surface area contributed by atoms with Crippen molar-refractivity contribution >= 4 is 10.9 Å². The molecule has 0 spiro atoms. The van der Waals surface area contributed by atoms with Gasteiger partial charge in [0.15, 0.2) is 0 Å². The molecule has 1 fully saturated rings. The molecular formula is C25H20F4N6O2. The molecule has 2 atom stereocenters. The standard InChI is InChI=1S/C25H20F4N6O2/c1-34-12-15(11-31-34)20-8-14(5-6-37-20)19-9-17-22(33-24(25(27,28)29)35(2)23(17)36)21(32-19)16-4-3-13(10-30)7-18(16)26/h3-4,7,9,11-12,14,20H,5-6,8H2,1-2H3/t14-,20+/m0/s1. The van der Waals surface area contributed by atoms with E-state index in [9.17, 15) is 18.0 Å². The zero-order valence-corrected chi connectivity index (χ0v) is 19.8. The normalized spacial score (nSPS) is 18.2. The monoisotopic (exact) mass is 512 g/mol. The Balaban J connectivity index is 1.72. The van der Waals surface area contributed by atoms with Gasteiger partial charge in [0.25, 0.3) is 5.56 Å². The smallest absolute Gasteiger partial charge is 0.373 e. The molecule has 3 aromatic heterocycles. The van der Waals surface area contributed by atoms with E-state index in [1.807, 2.05) is 12.3 Å². The van der Waals surface area contributed by atoms with Crippen LogP contribution in [0, 0.1) is 17.1 Å². The van der Waals surface area contributed by atoms with E-state index in [1.54, 1.807) is 17.9 Å². The summed E-state index contributed by atoms with van der Waals surface area (Å²) < 4.78 is 64.1. The molecule has 1 saturated heterocycles. The van der Waals surface area contributed by atoms with Gasteiger partial charge in [0.05, 0.1) is 35.0 Å². The third-order valence-electron chi connectivity index (χ3n) is 6.49. The van der Waals surface area contributed by atoms with Crippen LogP contribution < -0.4 is 5.56 Å². The Morgan fingerprint density at radius 3 is 2.62 bits per heavy atom. The molecular weight excluding hydrogens is 492 g/mol. The van der Waals surface area contributed by atoms with E-state index in [-0.39, 0.29) is 39.7 Å². The maximum absolute atomic E-state index is 15.1. The summed E-state index contributed by atoms with van der Waals surface area (Å²) in [6.07, 6.45) is -0.673. The van der Waals surface area contributed by atoms with E-state index in [4.69, 9.17) is 10.00 Å². The zero-order valence-electron chi connectivity index (χ0n) is 19.8. The van der Waals surface area contributed by atoms with Crippen LogP contribution in [0.15, 0.2) is 41.5 Å². The maximum atomic E-state index is 15.1. The van der Waals surface area contributed by atoms with Crippen LogP contribution in [0.2, 0.25) is 0 Å². The highest BCUT2D eigenvalue weighted by Gasteiger charge is 2.37. The van der Waals surface area contributed by atoms with Crippen molar-refractivity contribution in [1.29, 1.82) is 5.26 Å². The number of ether oxygens (including phenoxy) is 1. The molecule has 0 N–H and O–H groups in total. The Morgan fingerprint density at radius 1 is 1.19 bits per heavy atom. The Bertz CT molecular complexity index is 1620. The first-order chi connectivity index (χ1) is 17.6. The third-order valence-corrected chi connectivity index (χ3v) is 6.49. The van der Waals surface area contributed by atoms with Gasteiger partial charge in [0.1, 0.15) is 11.3 Å². The first kappa shape index (κ1) is 24.6. The minimum absolute atomic E-state index is 0.0327. The van der Waals surface area contributed by atoms with Gasteiger partial charge in [-0.2, -0.15) is 23.5 Å². The highest BCUT2D eigenvalue weighted by molar-refractivity contribution is 5.91. The highest BCUT2D eigenvalue weighted by atomic mass is 19.4. The molecule has 1 aliphatic rings. The average molecular weight is 512 g/mol. The number of fused-ring (bicyclic) bond motifs is 1. The molecule has 0 bridgehead atoms. The van der Waals surface area contributed by atoms with Gasteiger partial charge in [-0.05, 0) is 37.1 Å². The van der Waals surface area contributed by atoms with E-state index in [1.165, 1.54) is 18.2 Å². The van der Waals surface area contributed by atoms with Crippen molar-refractivity contribution in [3.63, 3.8) is 0 Å². The molecule has 190 valence electrons. The number of hydrogen-bond donors (Lipinski definition) is 0. The fourth-order valence-corrected chi connectivity index (χ4v) is 4.62. The number of alkyl halides is 3. The van der Waals surface area contributed by atoms with Crippen molar-refractivity contribution in [2.45, 2.75) is 31.0 Å². The molecule has 8 nitrogen and oxygen atoms in total. The van der Waals surface area contributed by atoms with Gasteiger partial charge < -0.3 is 4.74 Å². The van der Waals surface area contributed by atoms with E-state index in [2.05, 4.69) is 15.1 Å². The molecule has 0 amide bonds. The minimum Gasteiger partial charge on any atom is -0.373 e. The molecule has 0 unspecified atom stereocenters. The number of nitriles is 1. The second kappa shape index (κ2) is 9.08. The summed E-state index contributed by atoms with van der Waals surface area (Å²) in [4.78, 5) is 21.4. The Hall–Kier alpha value is -4.11. The van der Waals surface area contributed by atoms with Crippen molar-refractivity contribution < 1.29 is 22.3 Å². The Morgan fingerprint density at radius 2 is 1.97 bits per heavy atom. The first-order valence-corrected chi connectivity index (χ1v) is 11.4. The molecule has 12 heteroatoms. The van der Waals surface area contributed by atoms with E-state index in [0.29, 0.717) is 29.7 Å². The summed E-state index contributed by atoms with van der Waals surface area (Å²) in [6.45, 7) is 0.383. The highest BCUT2D eigenvalue weighted by Crippen LogP contribution is 2.39. The minimum atomic E-state index is -4.92. The van der Waals surface area contributed by atoms with Gasteiger partial charge >= 0.3 is 6.18 Å². The predicted octanol–water partition coefficient (Wildman–Crippen LogP) is 4.39. The number of hydrogen-bond acceptors (Lipinski definition) is 6. The van der Waals surface area contributed by atoms with Gasteiger partial charge in [-0.3, -0.25) is 19.0 Å².